The zero-order valence-electron chi connectivity index (χ0n) is 15.7. The van der Waals surface area contributed by atoms with E-state index in [2.05, 4.69) is 15.9 Å². The number of benzene rings is 1. The van der Waals surface area contributed by atoms with Crippen LogP contribution in [0.15, 0.2) is 22.7 Å². The lowest BCUT2D eigenvalue weighted by Gasteiger charge is -2.35. The molecular formula is C18H22BrN3O5S. The van der Waals surface area contributed by atoms with Crippen LogP contribution in [-0.2, 0) is 14.8 Å². The average molecular weight is 472 g/mol. The van der Waals surface area contributed by atoms with Crippen molar-refractivity contribution in [2.75, 3.05) is 32.9 Å². The minimum atomic E-state index is -3.26. The summed E-state index contributed by atoms with van der Waals surface area (Å²) in [6.45, 7) is 0.947. The largest absolute Gasteiger partial charge is 0.343 e. The Labute approximate surface area is 172 Å². The summed E-state index contributed by atoms with van der Waals surface area (Å²) in [4.78, 5) is 40.2. The number of hydrogen-bond acceptors (Lipinski definition) is 5. The van der Waals surface area contributed by atoms with Crippen LogP contribution in [0.25, 0.3) is 0 Å². The van der Waals surface area contributed by atoms with Gasteiger partial charge in [0.15, 0.2) is 0 Å². The number of rotatable bonds is 5. The lowest BCUT2D eigenvalue weighted by atomic mass is 10.1. The maximum atomic E-state index is 12.5. The Morgan fingerprint density at radius 3 is 2.39 bits per heavy atom. The predicted molar refractivity (Wildman–Crippen MR) is 106 cm³/mol. The Kier molecular flexibility index (Phi) is 5.92. The summed E-state index contributed by atoms with van der Waals surface area (Å²) in [6, 6.07) is 4.80. The molecule has 0 saturated carbocycles. The van der Waals surface area contributed by atoms with Crippen LogP contribution in [0.4, 0.5) is 0 Å². The lowest BCUT2D eigenvalue weighted by molar-refractivity contribution is -0.132. The Hall–Kier alpha value is -1.78. The lowest BCUT2D eigenvalue weighted by Crippen LogP contribution is -2.47. The molecule has 10 heteroatoms. The van der Waals surface area contributed by atoms with Gasteiger partial charge in [-0.1, -0.05) is 15.9 Å². The molecule has 0 aliphatic carbocycles. The third-order valence-corrected chi connectivity index (χ3v) is 7.17. The summed E-state index contributed by atoms with van der Waals surface area (Å²) in [5, 5.41) is 0. The van der Waals surface area contributed by atoms with Crippen LogP contribution in [0.3, 0.4) is 0 Å². The molecule has 28 heavy (non-hydrogen) atoms. The van der Waals surface area contributed by atoms with Crippen molar-refractivity contribution >= 4 is 43.7 Å². The molecule has 0 spiro atoms. The zero-order chi connectivity index (χ0) is 20.6. The molecule has 0 aromatic heterocycles. The van der Waals surface area contributed by atoms with Crippen LogP contribution < -0.4 is 0 Å². The van der Waals surface area contributed by atoms with Gasteiger partial charge >= 0.3 is 0 Å². The minimum absolute atomic E-state index is 0.0337. The number of sulfonamides is 1. The van der Waals surface area contributed by atoms with Gasteiger partial charge < -0.3 is 4.90 Å². The maximum absolute atomic E-state index is 12.5. The molecule has 152 valence electrons. The Bertz CT molecular complexity index is 925. The van der Waals surface area contributed by atoms with Gasteiger partial charge in [-0.2, -0.15) is 0 Å². The summed E-state index contributed by atoms with van der Waals surface area (Å²) < 4.78 is 25.4. The van der Waals surface area contributed by atoms with Crippen molar-refractivity contribution < 1.29 is 22.8 Å². The number of likely N-dealkylation sites (tertiary alicyclic amines) is 1. The van der Waals surface area contributed by atoms with E-state index < -0.39 is 10.0 Å². The number of carbonyl (C=O) groups is 3. The summed E-state index contributed by atoms with van der Waals surface area (Å²) in [6.07, 6.45) is 2.36. The molecule has 2 aliphatic heterocycles. The molecule has 0 atom stereocenters. The van der Waals surface area contributed by atoms with Crippen molar-refractivity contribution in [1.29, 1.82) is 0 Å². The molecule has 1 aromatic rings. The number of piperidine rings is 1. The highest BCUT2D eigenvalue weighted by Crippen LogP contribution is 2.26. The Balaban J connectivity index is 1.55. The van der Waals surface area contributed by atoms with Gasteiger partial charge in [-0.15, -0.1) is 0 Å². The first-order valence-electron chi connectivity index (χ1n) is 8.96. The smallest absolute Gasteiger partial charge is 0.261 e. The van der Waals surface area contributed by atoms with Crippen LogP contribution >= 0.6 is 15.9 Å². The van der Waals surface area contributed by atoms with Crippen molar-refractivity contribution in [3.8, 4) is 0 Å². The molecule has 1 fully saturated rings. The van der Waals surface area contributed by atoms with Gasteiger partial charge in [0.25, 0.3) is 11.8 Å². The van der Waals surface area contributed by atoms with E-state index in [-0.39, 0.29) is 36.7 Å². The molecule has 2 aliphatic rings. The van der Waals surface area contributed by atoms with E-state index in [0.717, 1.165) is 4.90 Å². The van der Waals surface area contributed by atoms with Crippen molar-refractivity contribution in [3.05, 3.63) is 33.8 Å². The van der Waals surface area contributed by atoms with Crippen molar-refractivity contribution in [2.24, 2.45) is 0 Å². The Morgan fingerprint density at radius 2 is 1.79 bits per heavy atom. The SMILES string of the molecule is CN(C1CCN(C(=O)CCN2C(=O)c3ccc(Br)cc3C2=O)CC1)S(C)(=O)=O. The fourth-order valence-corrected chi connectivity index (χ4v) is 4.69. The molecule has 0 unspecified atom stereocenters. The van der Waals surface area contributed by atoms with E-state index >= 15 is 0 Å². The van der Waals surface area contributed by atoms with Crippen LogP contribution in [0.1, 0.15) is 40.0 Å². The fourth-order valence-electron chi connectivity index (χ4n) is 3.58. The van der Waals surface area contributed by atoms with Gasteiger partial charge in [0.05, 0.1) is 17.4 Å². The second kappa shape index (κ2) is 7.92. The fraction of sp³-hybridized carbons (Fsp3) is 0.500. The molecule has 0 bridgehead atoms. The maximum Gasteiger partial charge on any atom is 0.261 e. The quantitative estimate of drug-likeness (QED) is 0.603. The van der Waals surface area contributed by atoms with Crippen LogP contribution in [-0.4, -0.2) is 79.2 Å². The highest BCUT2D eigenvalue weighted by molar-refractivity contribution is 9.10. The minimum Gasteiger partial charge on any atom is -0.343 e. The number of hydrogen-bond donors (Lipinski definition) is 0. The van der Waals surface area contributed by atoms with Gasteiger partial charge in [0, 0.05) is 43.6 Å². The van der Waals surface area contributed by atoms with E-state index in [4.69, 9.17) is 0 Å². The molecule has 8 nitrogen and oxygen atoms in total. The van der Waals surface area contributed by atoms with Crippen LogP contribution in [0.5, 0.6) is 0 Å². The van der Waals surface area contributed by atoms with Crippen molar-refractivity contribution in [3.63, 3.8) is 0 Å². The molecule has 0 radical (unpaired) electrons. The first-order chi connectivity index (χ1) is 13.1. The highest BCUT2D eigenvalue weighted by atomic mass is 79.9. The van der Waals surface area contributed by atoms with Gasteiger partial charge in [0.1, 0.15) is 0 Å². The molecule has 2 heterocycles. The van der Waals surface area contributed by atoms with Gasteiger partial charge in [0.2, 0.25) is 15.9 Å². The third kappa shape index (κ3) is 4.13. The van der Waals surface area contributed by atoms with Crippen molar-refractivity contribution in [1.82, 2.24) is 14.1 Å². The normalized spacial score (nSPS) is 18.1. The number of fused-ring (bicyclic) bond motifs is 1. The number of nitrogens with zero attached hydrogens (tertiary/aromatic N) is 3. The molecular weight excluding hydrogens is 450 g/mol. The number of carbonyl (C=O) groups excluding carboxylic acids is 3. The van der Waals surface area contributed by atoms with Crippen LogP contribution in [0.2, 0.25) is 0 Å². The summed E-state index contributed by atoms with van der Waals surface area (Å²) in [7, 11) is -1.70. The molecule has 1 saturated heterocycles. The first kappa shape index (κ1) is 20.9. The third-order valence-electron chi connectivity index (χ3n) is 5.34. The van der Waals surface area contributed by atoms with E-state index in [9.17, 15) is 22.8 Å². The number of amides is 3. The summed E-state index contributed by atoms with van der Waals surface area (Å²) in [5.41, 5.74) is 0.696. The number of halogens is 1. The standard InChI is InChI=1S/C18H22BrN3O5S/c1-20(28(2,26)27)13-5-8-21(9-6-13)16(23)7-10-22-17(24)14-4-3-12(19)11-15(14)18(22)25/h3-4,11,13H,5-10H2,1-2H3. The van der Waals surface area contributed by atoms with Gasteiger partial charge in [-0.3, -0.25) is 19.3 Å². The zero-order valence-corrected chi connectivity index (χ0v) is 18.1. The van der Waals surface area contributed by atoms with Gasteiger partial charge in [-0.25, -0.2) is 12.7 Å². The Morgan fingerprint density at radius 1 is 1.18 bits per heavy atom. The first-order valence-corrected chi connectivity index (χ1v) is 11.6. The highest BCUT2D eigenvalue weighted by Gasteiger charge is 2.36. The summed E-state index contributed by atoms with van der Waals surface area (Å²) >= 11 is 3.29. The second-order valence-electron chi connectivity index (χ2n) is 7.09. The average Bonchev–Trinajstić information content (AvgIpc) is 2.88. The molecule has 3 amide bonds. The van der Waals surface area contributed by atoms with Crippen molar-refractivity contribution in [2.45, 2.75) is 25.3 Å². The molecule has 1 aromatic carbocycles. The van der Waals surface area contributed by atoms with Crippen LogP contribution in [0, 0.1) is 0 Å². The predicted octanol–water partition coefficient (Wildman–Crippen LogP) is 1.32. The molecule has 0 N–H and O–H groups in total. The van der Waals surface area contributed by atoms with E-state index in [0.29, 0.717) is 41.5 Å². The van der Waals surface area contributed by atoms with E-state index in [1.807, 2.05) is 0 Å². The van der Waals surface area contributed by atoms with Gasteiger partial charge in [-0.05, 0) is 31.0 Å². The number of imide groups is 1. The second-order valence-corrected chi connectivity index (χ2v) is 10.1. The topological polar surface area (TPSA) is 95.1 Å². The summed E-state index contributed by atoms with van der Waals surface area (Å²) in [5.74, 6) is -0.908. The monoisotopic (exact) mass is 471 g/mol. The van der Waals surface area contributed by atoms with E-state index in [1.54, 1.807) is 30.1 Å². The van der Waals surface area contributed by atoms with E-state index in [1.165, 1.54) is 10.6 Å². The molecule has 3 rings (SSSR count).